The number of amides is 1. The van der Waals surface area contributed by atoms with Gasteiger partial charge in [-0.15, -0.1) is 0 Å². The number of unbranched alkanes of at least 4 members (excludes halogenated alkanes) is 1. The van der Waals surface area contributed by atoms with Gasteiger partial charge in [0.15, 0.2) is 0 Å². The third-order valence-electron chi connectivity index (χ3n) is 5.16. The first-order valence-electron chi connectivity index (χ1n) is 9.69. The van der Waals surface area contributed by atoms with Crippen LogP contribution in [0.2, 0.25) is 0 Å². The van der Waals surface area contributed by atoms with Crippen LogP contribution in [0.4, 0.5) is 0 Å². The highest BCUT2D eigenvalue weighted by Crippen LogP contribution is 2.39. The molecule has 3 rings (SSSR count). The smallest absolute Gasteiger partial charge is 0.222 e. The van der Waals surface area contributed by atoms with E-state index in [0.29, 0.717) is 13.0 Å². The second-order valence-electron chi connectivity index (χ2n) is 7.22. The molecule has 2 heterocycles. The fourth-order valence-electron chi connectivity index (χ4n) is 3.45. The standard InChI is InChI=1S/C21H29N3OS2/c1-16-20(17(2)24(22-16)18-9-5-4-6-10-18)15-23(3)21(25)12-8-7-11-19-13-14-26-27-19/h4-6,9-10,19H,7-8,11-15H2,1-3H3. The summed E-state index contributed by atoms with van der Waals surface area (Å²) in [6, 6.07) is 10.2. The average Bonchev–Trinajstić information content (AvgIpc) is 3.29. The van der Waals surface area contributed by atoms with E-state index in [2.05, 4.69) is 24.2 Å². The van der Waals surface area contributed by atoms with Crippen molar-refractivity contribution < 1.29 is 4.79 Å². The Labute approximate surface area is 170 Å². The number of carbonyl (C=O) groups excluding carboxylic acids is 1. The molecule has 27 heavy (non-hydrogen) atoms. The van der Waals surface area contributed by atoms with Crippen molar-refractivity contribution in [2.75, 3.05) is 12.8 Å². The van der Waals surface area contributed by atoms with Gasteiger partial charge in [-0.05, 0) is 45.2 Å². The minimum Gasteiger partial charge on any atom is -0.341 e. The molecule has 4 nitrogen and oxygen atoms in total. The molecule has 1 aliphatic heterocycles. The van der Waals surface area contributed by atoms with Gasteiger partial charge in [0.05, 0.1) is 11.4 Å². The molecule has 1 fully saturated rings. The lowest BCUT2D eigenvalue weighted by Gasteiger charge is -2.18. The summed E-state index contributed by atoms with van der Waals surface area (Å²) in [5.74, 6) is 1.52. The summed E-state index contributed by atoms with van der Waals surface area (Å²) in [5, 5.41) is 5.49. The lowest BCUT2D eigenvalue weighted by Crippen LogP contribution is -2.26. The van der Waals surface area contributed by atoms with Gasteiger partial charge in [0, 0.05) is 42.3 Å². The number of hydrogen-bond donors (Lipinski definition) is 0. The number of carbonyl (C=O) groups is 1. The van der Waals surface area contributed by atoms with Gasteiger partial charge >= 0.3 is 0 Å². The van der Waals surface area contributed by atoms with E-state index in [1.807, 2.05) is 63.3 Å². The second-order valence-corrected chi connectivity index (χ2v) is 10.0. The summed E-state index contributed by atoms with van der Waals surface area (Å²) in [6.07, 6.45) is 5.36. The molecule has 0 spiro atoms. The van der Waals surface area contributed by atoms with E-state index in [4.69, 9.17) is 0 Å². The molecule has 1 amide bonds. The van der Waals surface area contributed by atoms with Crippen molar-refractivity contribution in [3.63, 3.8) is 0 Å². The molecule has 1 atom stereocenters. The molecule has 6 heteroatoms. The predicted molar refractivity (Wildman–Crippen MR) is 116 cm³/mol. The molecule has 1 unspecified atom stereocenters. The summed E-state index contributed by atoms with van der Waals surface area (Å²) in [6.45, 7) is 4.73. The maximum absolute atomic E-state index is 12.5. The highest BCUT2D eigenvalue weighted by Gasteiger charge is 2.18. The molecule has 146 valence electrons. The first-order chi connectivity index (χ1) is 13.1. The normalized spacial score (nSPS) is 16.6. The van der Waals surface area contributed by atoms with E-state index in [1.165, 1.54) is 18.6 Å². The number of hydrogen-bond acceptors (Lipinski definition) is 4. The predicted octanol–water partition coefficient (Wildman–Crippen LogP) is 5.16. The molecular weight excluding hydrogens is 374 g/mol. The Morgan fingerprint density at radius 3 is 2.74 bits per heavy atom. The molecule has 0 N–H and O–H groups in total. The lowest BCUT2D eigenvalue weighted by atomic mass is 10.1. The van der Waals surface area contributed by atoms with Crippen molar-refractivity contribution >= 4 is 27.5 Å². The van der Waals surface area contributed by atoms with Crippen LogP contribution in [0.3, 0.4) is 0 Å². The van der Waals surface area contributed by atoms with Crippen LogP contribution in [0, 0.1) is 13.8 Å². The van der Waals surface area contributed by atoms with E-state index in [0.717, 1.165) is 40.7 Å². The SMILES string of the molecule is Cc1nn(-c2ccccc2)c(C)c1CN(C)C(=O)CCCCC1CCSS1. The van der Waals surface area contributed by atoms with Crippen LogP contribution in [-0.4, -0.2) is 38.6 Å². The van der Waals surface area contributed by atoms with Crippen LogP contribution in [0.1, 0.15) is 49.1 Å². The zero-order chi connectivity index (χ0) is 19.2. The van der Waals surface area contributed by atoms with Gasteiger partial charge in [0.2, 0.25) is 5.91 Å². The molecule has 0 aliphatic carbocycles. The third kappa shape index (κ3) is 5.32. The van der Waals surface area contributed by atoms with Gasteiger partial charge in [-0.2, -0.15) is 5.10 Å². The van der Waals surface area contributed by atoms with Crippen LogP contribution in [0.15, 0.2) is 30.3 Å². The maximum Gasteiger partial charge on any atom is 0.222 e. The van der Waals surface area contributed by atoms with E-state index in [9.17, 15) is 4.79 Å². The highest BCUT2D eigenvalue weighted by molar-refractivity contribution is 8.77. The largest absolute Gasteiger partial charge is 0.341 e. The molecule has 0 bridgehead atoms. The van der Waals surface area contributed by atoms with Crippen molar-refractivity contribution in [3.05, 3.63) is 47.3 Å². The molecule has 1 aliphatic rings. The Morgan fingerprint density at radius 2 is 2.04 bits per heavy atom. The van der Waals surface area contributed by atoms with Gasteiger partial charge in [0.1, 0.15) is 0 Å². The van der Waals surface area contributed by atoms with E-state index in [-0.39, 0.29) is 5.91 Å². The van der Waals surface area contributed by atoms with Gasteiger partial charge < -0.3 is 4.90 Å². The summed E-state index contributed by atoms with van der Waals surface area (Å²) >= 11 is 0. The molecule has 1 aromatic heterocycles. The Bertz CT molecular complexity index is 754. The topological polar surface area (TPSA) is 38.1 Å². The number of rotatable bonds is 8. The number of nitrogens with zero attached hydrogens (tertiary/aromatic N) is 3. The van der Waals surface area contributed by atoms with Crippen LogP contribution in [-0.2, 0) is 11.3 Å². The monoisotopic (exact) mass is 403 g/mol. The van der Waals surface area contributed by atoms with Crippen molar-refractivity contribution in [1.82, 2.24) is 14.7 Å². The molecule has 0 radical (unpaired) electrons. The van der Waals surface area contributed by atoms with Crippen molar-refractivity contribution in [1.29, 1.82) is 0 Å². The minimum absolute atomic E-state index is 0.231. The van der Waals surface area contributed by atoms with E-state index >= 15 is 0 Å². The maximum atomic E-state index is 12.5. The molecule has 1 saturated heterocycles. The summed E-state index contributed by atoms with van der Waals surface area (Å²) in [5.41, 5.74) is 4.30. The Balaban J connectivity index is 1.53. The number of benzene rings is 1. The molecule has 1 aromatic carbocycles. The molecule has 0 saturated carbocycles. The van der Waals surface area contributed by atoms with Gasteiger partial charge in [-0.3, -0.25) is 4.79 Å². The quantitative estimate of drug-likeness (QED) is 0.451. The second kappa shape index (κ2) is 9.69. The third-order valence-corrected chi connectivity index (χ3v) is 8.16. The van der Waals surface area contributed by atoms with Gasteiger partial charge in [-0.25, -0.2) is 4.68 Å². The zero-order valence-electron chi connectivity index (χ0n) is 16.5. The molecule has 2 aromatic rings. The highest BCUT2D eigenvalue weighted by atomic mass is 33.1. The fourth-order valence-corrected chi connectivity index (χ4v) is 6.48. The van der Waals surface area contributed by atoms with Crippen LogP contribution in [0.5, 0.6) is 0 Å². The summed E-state index contributed by atoms with van der Waals surface area (Å²) in [4.78, 5) is 14.4. The minimum atomic E-state index is 0.231. The number of para-hydroxylation sites is 1. The Hall–Kier alpha value is -1.40. The fraction of sp³-hybridized carbons (Fsp3) is 0.524. The zero-order valence-corrected chi connectivity index (χ0v) is 18.1. The average molecular weight is 404 g/mol. The molecular formula is C21H29N3OS2. The van der Waals surface area contributed by atoms with E-state index < -0.39 is 0 Å². The van der Waals surface area contributed by atoms with Crippen LogP contribution in [0.25, 0.3) is 5.69 Å². The van der Waals surface area contributed by atoms with Crippen LogP contribution < -0.4 is 0 Å². The number of aromatic nitrogens is 2. The number of aryl methyl sites for hydroxylation is 1. The van der Waals surface area contributed by atoms with Gasteiger partial charge in [0.25, 0.3) is 0 Å². The lowest BCUT2D eigenvalue weighted by molar-refractivity contribution is -0.130. The van der Waals surface area contributed by atoms with Crippen LogP contribution >= 0.6 is 21.6 Å². The van der Waals surface area contributed by atoms with E-state index in [1.54, 1.807) is 0 Å². The Morgan fingerprint density at radius 1 is 1.26 bits per heavy atom. The summed E-state index contributed by atoms with van der Waals surface area (Å²) in [7, 11) is 5.92. The first kappa shape index (κ1) is 20.3. The first-order valence-corrected chi connectivity index (χ1v) is 12.1. The van der Waals surface area contributed by atoms with Crippen molar-refractivity contribution in [2.24, 2.45) is 0 Å². The Kier molecular flexibility index (Phi) is 7.30. The van der Waals surface area contributed by atoms with Gasteiger partial charge in [-0.1, -0.05) is 46.2 Å². The van der Waals surface area contributed by atoms with Crippen molar-refractivity contribution in [2.45, 2.75) is 57.7 Å². The summed E-state index contributed by atoms with van der Waals surface area (Å²) < 4.78 is 1.97. The van der Waals surface area contributed by atoms with Crippen molar-refractivity contribution in [3.8, 4) is 5.69 Å².